The SMILES string of the molecule is CO[C@@H]1[C@H](N(C)C(=O)Oc2ccccc2)C[C@H]2O[C@]1(C)n1c3ccccc3c3c4c(c5c6ccccc6n2c5c31)C(=O)NC4. The summed E-state index contributed by atoms with van der Waals surface area (Å²) in [5, 5.41) is 7.15. The number of hydrogen-bond acceptors (Lipinski definition) is 5. The van der Waals surface area contributed by atoms with Gasteiger partial charge in [-0.2, -0.15) is 0 Å². The van der Waals surface area contributed by atoms with Crippen LogP contribution in [0.3, 0.4) is 0 Å². The molecule has 3 aliphatic heterocycles. The standard InChI is InChI=1S/C35H30N4O5/c1-35-32(42-3)25(37(2)34(41)43-19-11-5-4-6-12-19)17-26(44-35)38-23-15-9-7-13-20(23)28-29-22(18-36-33(29)40)27-21-14-8-10-16-24(21)39(35)31(27)30(28)38/h4-16,25-26,32H,17-18H2,1-3H3,(H,36,40)/t25-,26-,32-,35+/m1/s1. The van der Waals surface area contributed by atoms with Crippen molar-refractivity contribution in [2.24, 2.45) is 0 Å². The fourth-order valence-corrected chi connectivity index (χ4v) is 8.19. The highest BCUT2D eigenvalue weighted by atomic mass is 16.6. The maximum absolute atomic E-state index is 13.6. The summed E-state index contributed by atoms with van der Waals surface area (Å²) in [6.07, 6.45) is -1.03. The molecule has 3 aliphatic rings. The summed E-state index contributed by atoms with van der Waals surface area (Å²) in [6, 6.07) is 25.2. The normalized spacial score (nSPS) is 23.8. The fraction of sp³-hybridized carbons (Fsp3) is 0.257. The highest BCUT2D eigenvalue weighted by Crippen LogP contribution is 2.54. The molecule has 4 atom stereocenters. The van der Waals surface area contributed by atoms with Crippen molar-refractivity contribution in [1.29, 1.82) is 0 Å². The number of rotatable bonds is 3. The van der Waals surface area contributed by atoms with Gasteiger partial charge in [0.2, 0.25) is 0 Å². The highest BCUT2D eigenvalue weighted by molar-refractivity contribution is 6.31. The summed E-state index contributed by atoms with van der Waals surface area (Å²) in [7, 11) is 3.44. The Morgan fingerprint density at radius 2 is 1.64 bits per heavy atom. The van der Waals surface area contributed by atoms with Crippen LogP contribution in [0.2, 0.25) is 0 Å². The number of benzene rings is 4. The molecule has 2 aromatic heterocycles. The van der Waals surface area contributed by atoms with E-state index in [1.807, 2.05) is 42.5 Å². The van der Waals surface area contributed by atoms with E-state index in [2.05, 4.69) is 45.6 Å². The molecule has 1 saturated heterocycles. The Morgan fingerprint density at radius 1 is 0.955 bits per heavy atom. The smallest absolute Gasteiger partial charge is 0.410 e. The zero-order valence-electron chi connectivity index (χ0n) is 24.5. The number of methoxy groups -OCH3 is 1. The molecule has 4 aromatic carbocycles. The summed E-state index contributed by atoms with van der Waals surface area (Å²) in [6.45, 7) is 2.51. The third-order valence-corrected chi connectivity index (χ3v) is 9.93. The number of nitrogens with one attached hydrogen (secondary N) is 1. The molecular weight excluding hydrogens is 556 g/mol. The average molecular weight is 587 g/mol. The summed E-state index contributed by atoms with van der Waals surface area (Å²) >= 11 is 0. The van der Waals surface area contributed by atoms with Crippen LogP contribution in [0.25, 0.3) is 43.6 Å². The maximum atomic E-state index is 13.6. The first-order chi connectivity index (χ1) is 21.4. The third-order valence-electron chi connectivity index (χ3n) is 9.93. The van der Waals surface area contributed by atoms with Gasteiger partial charge in [-0.15, -0.1) is 0 Å². The number of carbonyl (C=O) groups excluding carboxylic acids is 2. The largest absolute Gasteiger partial charge is 0.415 e. The summed E-state index contributed by atoms with van der Waals surface area (Å²) in [4.78, 5) is 28.8. The Morgan fingerprint density at radius 3 is 2.39 bits per heavy atom. The Kier molecular flexibility index (Phi) is 5.15. The summed E-state index contributed by atoms with van der Waals surface area (Å²) in [5.41, 5.74) is 4.64. The number of likely N-dealkylation sites (N-methyl/N-ethyl adjacent to an activating group) is 1. The molecule has 0 saturated carbocycles. The van der Waals surface area contributed by atoms with E-state index in [-0.39, 0.29) is 5.91 Å². The number of ether oxygens (including phenoxy) is 3. The van der Waals surface area contributed by atoms with Gasteiger partial charge in [-0.1, -0.05) is 54.6 Å². The van der Waals surface area contributed by atoms with Gasteiger partial charge in [0, 0.05) is 48.7 Å². The second-order valence-electron chi connectivity index (χ2n) is 12.1. The van der Waals surface area contributed by atoms with E-state index in [0.29, 0.717) is 18.7 Å². The van der Waals surface area contributed by atoms with Crippen molar-refractivity contribution in [3.63, 3.8) is 0 Å². The van der Waals surface area contributed by atoms with Crippen molar-refractivity contribution in [3.05, 3.63) is 90.0 Å². The minimum absolute atomic E-state index is 0.0583. The molecule has 9 heteroatoms. The molecule has 2 bridgehead atoms. The number of carbonyl (C=O) groups is 2. The molecule has 6 aromatic rings. The summed E-state index contributed by atoms with van der Waals surface area (Å²) < 4.78 is 23.8. The van der Waals surface area contributed by atoms with Gasteiger partial charge in [0.15, 0.2) is 5.72 Å². The van der Waals surface area contributed by atoms with Gasteiger partial charge in [0.25, 0.3) is 5.91 Å². The molecule has 1 N–H and O–H groups in total. The van der Waals surface area contributed by atoms with Gasteiger partial charge < -0.3 is 33.6 Å². The topological polar surface area (TPSA) is 87.0 Å². The lowest BCUT2D eigenvalue weighted by Gasteiger charge is -2.50. The zero-order chi connectivity index (χ0) is 29.9. The van der Waals surface area contributed by atoms with Crippen LogP contribution in [0.4, 0.5) is 4.79 Å². The molecule has 220 valence electrons. The first-order valence-corrected chi connectivity index (χ1v) is 14.9. The number of hydrogen-bond donors (Lipinski definition) is 1. The van der Waals surface area contributed by atoms with E-state index < -0.39 is 30.2 Å². The van der Waals surface area contributed by atoms with Crippen LogP contribution in [0.5, 0.6) is 5.75 Å². The second-order valence-corrected chi connectivity index (χ2v) is 12.1. The number of aromatic nitrogens is 2. The van der Waals surface area contributed by atoms with E-state index in [0.717, 1.165) is 54.7 Å². The van der Waals surface area contributed by atoms with Crippen LogP contribution < -0.4 is 10.1 Å². The molecular formula is C35H30N4O5. The second kappa shape index (κ2) is 8.84. The molecule has 2 amide bonds. The lowest BCUT2D eigenvalue weighted by molar-refractivity contribution is -0.264. The first kappa shape index (κ1) is 25.6. The van der Waals surface area contributed by atoms with E-state index >= 15 is 0 Å². The third kappa shape index (κ3) is 3.10. The van der Waals surface area contributed by atoms with E-state index in [4.69, 9.17) is 14.2 Å². The predicted octanol–water partition coefficient (Wildman–Crippen LogP) is 6.27. The van der Waals surface area contributed by atoms with Crippen LogP contribution in [-0.4, -0.2) is 52.3 Å². The molecule has 1 fully saturated rings. The first-order valence-electron chi connectivity index (χ1n) is 14.9. The lowest BCUT2D eigenvalue weighted by atomic mass is 9.92. The van der Waals surface area contributed by atoms with Crippen LogP contribution in [-0.2, 0) is 21.7 Å². The van der Waals surface area contributed by atoms with Crippen molar-refractivity contribution < 1.29 is 23.8 Å². The van der Waals surface area contributed by atoms with Crippen molar-refractivity contribution in [3.8, 4) is 5.75 Å². The number of amides is 2. The minimum atomic E-state index is -1.03. The minimum Gasteiger partial charge on any atom is -0.410 e. The molecule has 9 rings (SSSR count). The van der Waals surface area contributed by atoms with Gasteiger partial charge in [-0.25, -0.2) is 4.79 Å². The van der Waals surface area contributed by atoms with Crippen molar-refractivity contribution >= 4 is 55.6 Å². The molecule has 5 heterocycles. The van der Waals surface area contributed by atoms with E-state index in [1.54, 1.807) is 31.2 Å². The van der Waals surface area contributed by atoms with E-state index in [1.165, 1.54) is 0 Å². The quantitative estimate of drug-likeness (QED) is 0.264. The van der Waals surface area contributed by atoms with Gasteiger partial charge >= 0.3 is 6.09 Å². The number of fused-ring (bicyclic) bond motifs is 13. The van der Waals surface area contributed by atoms with Crippen LogP contribution >= 0.6 is 0 Å². The average Bonchev–Trinajstić information content (AvgIpc) is 3.68. The van der Waals surface area contributed by atoms with Crippen LogP contribution in [0.15, 0.2) is 78.9 Å². The Labute approximate surface area is 252 Å². The van der Waals surface area contributed by atoms with Gasteiger partial charge in [-0.3, -0.25) is 4.79 Å². The molecule has 0 aliphatic carbocycles. The molecule has 0 radical (unpaired) electrons. The van der Waals surface area contributed by atoms with Gasteiger partial charge in [-0.05, 0) is 36.8 Å². The monoisotopic (exact) mass is 586 g/mol. The maximum Gasteiger partial charge on any atom is 0.415 e. The van der Waals surface area contributed by atoms with Crippen LogP contribution in [0, 0.1) is 0 Å². The Bertz CT molecular complexity index is 2200. The van der Waals surface area contributed by atoms with E-state index in [9.17, 15) is 9.59 Å². The molecule has 0 spiro atoms. The Balaban J connectivity index is 1.37. The lowest BCUT2D eigenvalue weighted by Crippen LogP contribution is -2.61. The molecule has 44 heavy (non-hydrogen) atoms. The summed E-state index contributed by atoms with van der Waals surface area (Å²) in [5.74, 6) is 0.419. The molecule has 0 unspecified atom stereocenters. The molecule has 9 nitrogen and oxygen atoms in total. The van der Waals surface area contributed by atoms with Crippen LogP contribution in [0.1, 0.15) is 35.5 Å². The van der Waals surface area contributed by atoms with Crippen molar-refractivity contribution in [2.45, 2.75) is 44.0 Å². The predicted molar refractivity (Wildman–Crippen MR) is 167 cm³/mol. The fourth-order valence-electron chi connectivity index (χ4n) is 8.19. The van der Waals surface area contributed by atoms with Crippen molar-refractivity contribution in [1.82, 2.24) is 19.4 Å². The Hall–Kier alpha value is -4.86. The van der Waals surface area contributed by atoms with Gasteiger partial charge in [0.05, 0.1) is 33.7 Å². The van der Waals surface area contributed by atoms with Crippen molar-refractivity contribution in [2.75, 3.05) is 14.2 Å². The highest BCUT2D eigenvalue weighted by Gasteiger charge is 2.55. The number of nitrogens with zero attached hydrogens (tertiary/aromatic N) is 3. The number of para-hydroxylation sites is 3. The zero-order valence-corrected chi connectivity index (χ0v) is 24.5. The van der Waals surface area contributed by atoms with Gasteiger partial charge in [0.1, 0.15) is 18.1 Å².